The molecule has 136 valence electrons. The van der Waals surface area contributed by atoms with E-state index in [-0.39, 0.29) is 24.3 Å². The highest BCUT2D eigenvalue weighted by molar-refractivity contribution is 5.98. The third-order valence-electron chi connectivity index (χ3n) is 4.82. The van der Waals surface area contributed by atoms with Crippen LogP contribution in [0.25, 0.3) is 26.9 Å². The van der Waals surface area contributed by atoms with Crippen molar-refractivity contribution in [2.24, 2.45) is 5.92 Å². The largest absolute Gasteiger partial charge is 0.383 e. The van der Waals surface area contributed by atoms with Gasteiger partial charge in [-0.25, -0.2) is 16.5 Å². The van der Waals surface area contributed by atoms with E-state index in [0.29, 0.717) is 29.1 Å². The van der Waals surface area contributed by atoms with Gasteiger partial charge in [0.1, 0.15) is 17.6 Å². The van der Waals surface area contributed by atoms with Crippen LogP contribution in [0.4, 0.5) is 11.6 Å². The van der Waals surface area contributed by atoms with E-state index in [2.05, 4.69) is 26.2 Å². The highest BCUT2D eigenvalue weighted by atomic mass is 16.2. The Hall–Kier alpha value is -3.97. The molecular formula is C21H16N6O. The maximum absolute atomic E-state index is 12.2. The molecule has 1 aromatic carbocycles. The molecule has 3 N–H and O–H groups in total. The number of nitrogen functional groups attached to an aromatic ring is 1. The fourth-order valence-electron chi connectivity index (χ4n) is 3.21. The molecule has 0 unspecified atom stereocenters. The third-order valence-corrected chi connectivity index (χ3v) is 4.82. The van der Waals surface area contributed by atoms with Crippen LogP contribution in [0.3, 0.4) is 0 Å². The van der Waals surface area contributed by atoms with E-state index in [9.17, 15) is 4.79 Å². The molecule has 2 heterocycles. The summed E-state index contributed by atoms with van der Waals surface area (Å²) in [6.07, 6.45) is 2.45. The van der Waals surface area contributed by atoms with E-state index in [0.717, 1.165) is 16.5 Å². The molecule has 1 aliphatic carbocycles. The van der Waals surface area contributed by atoms with Gasteiger partial charge < -0.3 is 15.9 Å². The van der Waals surface area contributed by atoms with Gasteiger partial charge >= 0.3 is 0 Å². The first-order valence-electron chi connectivity index (χ1n) is 8.79. The number of fused-ring (bicyclic) bond motifs is 1. The molecule has 1 fully saturated rings. The van der Waals surface area contributed by atoms with Crippen molar-refractivity contribution < 1.29 is 4.79 Å². The first-order chi connectivity index (χ1) is 13.6. The summed E-state index contributed by atoms with van der Waals surface area (Å²) in [7, 11) is 0. The zero-order valence-electron chi connectivity index (χ0n) is 14.9. The van der Waals surface area contributed by atoms with Crippen LogP contribution in [-0.4, -0.2) is 21.9 Å². The molecule has 2 aromatic heterocycles. The third kappa shape index (κ3) is 3.22. The Kier molecular flexibility index (Phi) is 4.35. The number of nitrogens with one attached hydrogen (secondary N) is 1. The molecule has 0 spiro atoms. The second kappa shape index (κ2) is 6.98. The topological polar surface area (TPSA) is 109 Å². The molecule has 0 bridgehead atoms. The van der Waals surface area contributed by atoms with Crippen LogP contribution < -0.4 is 11.1 Å². The number of anilines is 2. The van der Waals surface area contributed by atoms with Crippen molar-refractivity contribution in [2.75, 3.05) is 11.1 Å². The zero-order valence-corrected chi connectivity index (χ0v) is 14.9. The Morgan fingerprint density at radius 1 is 1.39 bits per heavy atom. The van der Waals surface area contributed by atoms with Crippen LogP contribution in [0.1, 0.15) is 12.0 Å². The Morgan fingerprint density at radius 3 is 2.96 bits per heavy atom. The molecule has 4 rings (SSSR count). The number of benzene rings is 1. The minimum Gasteiger partial charge on any atom is -0.383 e. The molecular weight excluding hydrogens is 352 g/mol. The summed E-state index contributed by atoms with van der Waals surface area (Å²) < 4.78 is 0. The minimum absolute atomic E-state index is 0.186. The summed E-state index contributed by atoms with van der Waals surface area (Å²) in [5, 5.41) is 13.3. The standard InChI is InChI=1S/C21H16N6O/c1-24-17-10-15(17)21(28)27-19-9-13-8-18(26-20(23)16(13)11-25-19)14-5-3-2-4-12(14)6-7-22/h2-5,8-9,11,15,17H,6,10H2,(H2,23,26)(H,25,27,28)/t15-,17-/m0/s1. The molecule has 28 heavy (non-hydrogen) atoms. The number of hydrogen-bond donors (Lipinski definition) is 2. The maximum Gasteiger partial charge on any atom is 0.236 e. The van der Waals surface area contributed by atoms with E-state index in [4.69, 9.17) is 17.6 Å². The van der Waals surface area contributed by atoms with E-state index in [1.165, 1.54) is 0 Å². The molecule has 0 saturated heterocycles. The number of amides is 1. The zero-order chi connectivity index (χ0) is 19.7. The van der Waals surface area contributed by atoms with Gasteiger partial charge in [0.25, 0.3) is 0 Å². The summed E-state index contributed by atoms with van der Waals surface area (Å²) in [6.45, 7) is 7.00. The molecule has 2 atom stereocenters. The second-order valence-corrected chi connectivity index (χ2v) is 6.70. The van der Waals surface area contributed by atoms with Crippen molar-refractivity contribution in [3.63, 3.8) is 0 Å². The van der Waals surface area contributed by atoms with E-state index >= 15 is 0 Å². The van der Waals surface area contributed by atoms with Gasteiger partial charge in [0.2, 0.25) is 11.9 Å². The second-order valence-electron chi connectivity index (χ2n) is 6.70. The van der Waals surface area contributed by atoms with Gasteiger partial charge in [0.15, 0.2) is 0 Å². The lowest BCUT2D eigenvalue weighted by Crippen LogP contribution is -2.16. The van der Waals surface area contributed by atoms with Crippen LogP contribution in [0.15, 0.2) is 42.6 Å². The predicted octanol–water partition coefficient (Wildman–Crippen LogP) is 3.19. The number of hydrogen-bond acceptors (Lipinski definition) is 5. The number of nitriles is 1. The summed E-state index contributed by atoms with van der Waals surface area (Å²) >= 11 is 0. The monoisotopic (exact) mass is 368 g/mol. The average molecular weight is 368 g/mol. The molecule has 1 amide bonds. The van der Waals surface area contributed by atoms with Crippen molar-refractivity contribution in [1.82, 2.24) is 9.97 Å². The number of aromatic nitrogens is 2. The number of pyridine rings is 2. The molecule has 1 aliphatic rings. The van der Waals surface area contributed by atoms with E-state index < -0.39 is 0 Å². The van der Waals surface area contributed by atoms with E-state index in [1.54, 1.807) is 12.3 Å². The molecule has 7 nitrogen and oxygen atoms in total. The summed E-state index contributed by atoms with van der Waals surface area (Å²) in [5.74, 6) is 0.301. The number of nitrogens with zero attached hydrogens (tertiary/aromatic N) is 4. The first-order valence-corrected chi connectivity index (χ1v) is 8.79. The predicted molar refractivity (Wildman–Crippen MR) is 106 cm³/mol. The van der Waals surface area contributed by atoms with E-state index in [1.807, 2.05) is 30.3 Å². The van der Waals surface area contributed by atoms with Gasteiger partial charge in [0, 0.05) is 23.6 Å². The molecule has 0 radical (unpaired) electrons. The molecule has 1 saturated carbocycles. The molecule has 0 aliphatic heterocycles. The van der Waals surface area contributed by atoms with Gasteiger partial charge in [-0.1, -0.05) is 24.3 Å². The smallest absolute Gasteiger partial charge is 0.236 e. The lowest BCUT2D eigenvalue weighted by Gasteiger charge is -2.10. The van der Waals surface area contributed by atoms with Crippen molar-refractivity contribution >= 4 is 28.3 Å². The van der Waals surface area contributed by atoms with Crippen molar-refractivity contribution in [2.45, 2.75) is 18.9 Å². The minimum atomic E-state index is -0.258. The maximum atomic E-state index is 12.2. The van der Waals surface area contributed by atoms with Gasteiger partial charge in [-0.05, 0) is 23.1 Å². The van der Waals surface area contributed by atoms with Crippen molar-refractivity contribution in [3.05, 3.63) is 59.6 Å². The quantitative estimate of drug-likeness (QED) is 0.687. The highest BCUT2D eigenvalue weighted by Crippen LogP contribution is 2.35. The van der Waals surface area contributed by atoms with Gasteiger partial charge in [-0.2, -0.15) is 5.26 Å². The highest BCUT2D eigenvalue weighted by Gasteiger charge is 2.49. The van der Waals surface area contributed by atoms with Crippen LogP contribution in [0.5, 0.6) is 0 Å². The van der Waals surface area contributed by atoms with Crippen LogP contribution in [0, 0.1) is 23.8 Å². The average Bonchev–Trinajstić information content (AvgIpc) is 3.48. The Balaban J connectivity index is 1.70. The molecule has 7 heteroatoms. The van der Waals surface area contributed by atoms with Crippen LogP contribution in [-0.2, 0) is 11.2 Å². The number of carbonyl (C=O) groups excluding carboxylic acids is 1. The lowest BCUT2D eigenvalue weighted by molar-refractivity contribution is -0.117. The fraction of sp³-hybridized carbons (Fsp3) is 0.190. The Bertz CT molecular complexity index is 1170. The van der Waals surface area contributed by atoms with Crippen molar-refractivity contribution in [1.29, 1.82) is 5.26 Å². The molecule has 3 aromatic rings. The summed E-state index contributed by atoms with van der Waals surface area (Å²) in [6, 6.07) is 13.1. The normalized spacial score (nSPS) is 17.5. The van der Waals surface area contributed by atoms with Gasteiger partial charge in [0.05, 0.1) is 18.2 Å². The lowest BCUT2D eigenvalue weighted by atomic mass is 10.0. The summed E-state index contributed by atoms with van der Waals surface area (Å²) in [4.78, 5) is 24.3. The van der Waals surface area contributed by atoms with Crippen LogP contribution >= 0.6 is 0 Å². The van der Waals surface area contributed by atoms with Crippen LogP contribution in [0.2, 0.25) is 0 Å². The summed E-state index contributed by atoms with van der Waals surface area (Å²) in [5.41, 5.74) is 8.51. The fourth-order valence-corrected chi connectivity index (χ4v) is 3.21. The number of carbonyl (C=O) groups is 1. The SMILES string of the molecule is [C-]#[N+][C@H]1C[C@@H]1C(=O)Nc1cc2cc(-c3ccccc3CC#N)nc(N)c2cn1. The number of rotatable bonds is 4. The van der Waals surface area contributed by atoms with Crippen molar-refractivity contribution in [3.8, 4) is 17.3 Å². The first kappa shape index (κ1) is 17.4. The van der Waals surface area contributed by atoms with Gasteiger partial charge in [-0.3, -0.25) is 4.79 Å². The van der Waals surface area contributed by atoms with Gasteiger partial charge in [-0.15, -0.1) is 0 Å². The Labute approximate surface area is 161 Å². The Morgan fingerprint density at radius 2 is 2.21 bits per heavy atom. The number of nitrogens with two attached hydrogens (primary N) is 1.